The summed E-state index contributed by atoms with van der Waals surface area (Å²) >= 11 is 0. The maximum atomic E-state index is 11.4. The summed E-state index contributed by atoms with van der Waals surface area (Å²) in [5.41, 5.74) is 9.65. The fourth-order valence-corrected chi connectivity index (χ4v) is 2.33. The number of halogens is 1. The lowest BCUT2D eigenvalue weighted by atomic mass is 9.87. The average Bonchev–Trinajstić information content (AvgIpc) is 2.28. The normalized spacial score (nSPS) is 17.6. The first-order valence-corrected chi connectivity index (χ1v) is 6.21. The van der Waals surface area contributed by atoms with Crippen molar-refractivity contribution in [2.24, 2.45) is 5.73 Å². The van der Waals surface area contributed by atoms with Crippen LogP contribution in [0.2, 0.25) is 0 Å². The lowest BCUT2D eigenvalue weighted by Gasteiger charge is -2.21. The van der Waals surface area contributed by atoms with E-state index in [0.29, 0.717) is 13.0 Å². The van der Waals surface area contributed by atoms with Crippen LogP contribution in [0.1, 0.15) is 30.0 Å². The lowest BCUT2D eigenvalue weighted by molar-refractivity contribution is -0.142. The molecule has 3 nitrogen and oxygen atoms in total. The molecule has 0 aromatic heterocycles. The van der Waals surface area contributed by atoms with Crippen molar-refractivity contribution in [2.75, 3.05) is 6.61 Å². The number of fused-ring (bicyclic) bond motifs is 1. The number of hydrogen-bond acceptors (Lipinski definition) is 3. The van der Waals surface area contributed by atoms with Gasteiger partial charge in [-0.3, -0.25) is 4.79 Å². The molecule has 4 heteroatoms. The van der Waals surface area contributed by atoms with Crippen LogP contribution in [0.15, 0.2) is 18.2 Å². The zero-order chi connectivity index (χ0) is 12.3. The van der Waals surface area contributed by atoms with Gasteiger partial charge in [0.2, 0.25) is 0 Å². The fourth-order valence-electron chi connectivity index (χ4n) is 2.33. The Bertz CT molecular complexity index is 420. The summed E-state index contributed by atoms with van der Waals surface area (Å²) in [6, 6.07) is 6.51. The molecule has 100 valence electrons. The molecule has 0 spiro atoms. The number of hydrogen-bond donors (Lipinski definition) is 1. The molecular weight excluding hydrogens is 250 g/mol. The van der Waals surface area contributed by atoms with E-state index in [9.17, 15) is 4.79 Å². The molecule has 1 aromatic carbocycles. The molecule has 1 aromatic rings. The highest BCUT2D eigenvalue weighted by Crippen LogP contribution is 2.22. The number of rotatable bonds is 3. The number of carbonyl (C=O) groups excluding carboxylic acids is 1. The van der Waals surface area contributed by atoms with E-state index in [-0.39, 0.29) is 24.4 Å². The van der Waals surface area contributed by atoms with Crippen LogP contribution in [-0.2, 0) is 28.8 Å². The summed E-state index contributed by atoms with van der Waals surface area (Å²) in [7, 11) is 0. The van der Waals surface area contributed by atoms with Gasteiger partial charge in [0.1, 0.15) is 0 Å². The maximum Gasteiger partial charge on any atom is 0.310 e. The van der Waals surface area contributed by atoms with Crippen molar-refractivity contribution in [3.05, 3.63) is 34.9 Å². The monoisotopic (exact) mass is 269 g/mol. The van der Waals surface area contributed by atoms with Gasteiger partial charge in [-0.1, -0.05) is 18.2 Å². The van der Waals surface area contributed by atoms with Gasteiger partial charge in [-0.2, -0.15) is 0 Å². The first-order chi connectivity index (χ1) is 8.19. The second-order valence-corrected chi connectivity index (χ2v) is 4.59. The highest BCUT2D eigenvalue weighted by Gasteiger charge is 2.16. The van der Waals surface area contributed by atoms with Gasteiger partial charge in [0.25, 0.3) is 0 Å². The van der Waals surface area contributed by atoms with E-state index in [1.165, 1.54) is 11.1 Å². The van der Waals surface area contributed by atoms with E-state index in [0.717, 1.165) is 24.8 Å². The molecule has 1 aliphatic rings. The van der Waals surface area contributed by atoms with Crippen LogP contribution in [0.3, 0.4) is 0 Å². The van der Waals surface area contributed by atoms with Gasteiger partial charge in [0.05, 0.1) is 13.0 Å². The van der Waals surface area contributed by atoms with E-state index < -0.39 is 0 Å². The first kappa shape index (κ1) is 15.0. The Hall–Kier alpha value is -1.06. The number of esters is 1. The molecule has 0 amide bonds. The Balaban J connectivity index is 0.00000162. The van der Waals surface area contributed by atoms with E-state index in [2.05, 4.69) is 12.1 Å². The third-order valence-corrected chi connectivity index (χ3v) is 3.19. The summed E-state index contributed by atoms with van der Waals surface area (Å²) in [5.74, 6) is -0.160. The highest BCUT2D eigenvalue weighted by atomic mass is 35.5. The Morgan fingerprint density at radius 3 is 2.94 bits per heavy atom. The topological polar surface area (TPSA) is 52.3 Å². The standard InChI is InChI=1S/C14H19NO2.ClH/c1-2-17-14(16)8-10-3-4-11-5-6-13(15)9-12(11)7-10;/h3-4,7,13H,2,5-6,8-9,15H2,1H3;1H. The number of nitrogens with two attached hydrogens (primary N) is 1. The van der Waals surface area contributed by atoms with Gasteiger partial charge < -0.3 is 10.5 Å². The molecule has 1 unspecified atom stereocenters. The molecule has 2 rings (SSSR count). The van der Waals surface area contributed by atoms with E-state index in [4.69, 9.17) is 10.5 Å². The number of ether oxygens (including phenoxy) is 1. The molecule has 0 saturated heterocycles. The summed E-state index contributed by atoms with van der Waals surface area (Å²) < 4.78 is 4.95. The van der Waals surface area contributed by atoms with Crippen LogP contribution in [0.4, 0.5) is 0 Å². The van der Waals surface area contributed by atoms with Crippen molar-refractivity contribution < 1.29 is 9.53 Å². The van der Waals surface area contributed by atoms with Crippen LogP contribution >= 0.6 is 12.4 Å². The number of aryl methyl sites for hydroxylation is 1. The molecule has 0 heterocycles. The van der Waals surface area contributed by atoms with E-state index in [1.807, 2.05) is 13.0 Å². The van der Waals surface area contributed by atoms with Gasteiger partial charge in [0, 0.05) is 6.04 Å². The van der Waals surface area contributed by atoms with Crippen molar-refractivity contribution in [1.82, 2.24) is 0 Å². The fraction of sp³-hybridized carbons (Fsp3) is 0.500. The zero-order valence-electron chi connectivity index (χ0n) is 10.6. The maximum absolute atomic E-state index is 11.4. The summed E-state index contributed by atoms with van der Waals surface area (Å²) in [6.45, 7) is 2.26. The molecule has 0 aliphatic heterocycles. The zero-order valence-corrected chi connectivity index (χ0v) is 11.5. The van der Waals surface area contributed by atoms with Gasteiger partial charge in [0.15, 0.2) is 0 Å². The molecule has 18 heavy (non-hydrogen) atoms. The van der Waals surface area contributed by atoms with Crippen molar-refractivity contribution in [3.63, 3.8) is 0 Å². The van der Waals surface area contributed by atoms with Gasteiger partial charge in [-0.15, -0.1) is 12.4 Å². The Morgan fingerprint density at radius 1 is 1.44 bits per heavy atom. The summed E-state index contributed by atoms with van der Waals surface area (Å²) in [4.78, 5) is 11.4. The highest BCUT2D eigenvalue weighted by molar-refractivity contribution is 5.85. The molecule has 0 radical (unpaired) electrons. The predicted octanol–water partition coefficient (Wildman–Crippen LogP) is 2.03. The molecule has 1 aliphatic carbocycles. The lowest BCUT2D eigenvalue weighted by Crippen LogP contribution is -2.27. The van der Waals surface area contributed by atoms with Crippen LogP contribution in [0, 0.1) is 0 Å². The minimum absolute atomic E-state index is 0. The van der Waals surface area contributed by atoms with E-state index >= 15 is 0 Å². The Labute approximate surface area is 114 Å². The molecular formula is C14H20ClNO2. The Morgan fingerprint density at radius 2 is 2.22 bits per heavy atom. The average molecular weight is 270 g/mol. The van der Waals surface area contributed by atoms with Crippen LogP contribution in [0.5, 0.6) is 0 Å². The van der Waals surface area contributed by atoms with Crippen LogP contribution < -0.4 is 5.73 Å². The quantitative estimate of drug-likeness (QED) is 0.855. The molecule has 0 bridgehead atoms. The van der Waals surface area contributed by atoms with Crippen molar-refractivity contribution in [2.45, 2.75) is 38.6 Å². The predicted molar refractivity (Wildman–Crippen MR) is 74.0 cm³/mol. The largest absolute Gasteiger partial charge is 0.466 e. The van der Waals surface area contributed by atoms with Gasteiger partial charge in [-0.05, 0) is 42.9 Å². The van der Waals surface area contributed by atoms with Crippen molar-refractivity contribution >= 4 is 18.4 Å². The molecule has 1 atom stereocenters. The molecule has 0 saturated carbocycles. The second kappa shape index (κ2) is 6.76. The third-order valence-electron chi connectivity index (χ3n) is 3.19. The first-order valence-electron chi connectivity index (χ1n) is 6.21. The number of benzene rings is 1. The van der Waals surface area contributed by atoms with E-state index in [1.54, 1.807) is 0 Å². The SMILES string of the molecule is CCOC(=O)Cc1ccc2c(c1)CC(N)CC2.Cl. The van der Waals surface area contributed by atoms with Crippen molar-refractivity contribution in [3.8, 4) is 0 Å². The van der Waals surface area contributed by atoms with Crippen LogP contribution in [0.25, 0.3) is 0 Å². The molecule has 0 fully saturated rings. The second-order valence-electron chi connectivity index (χ2n) is 4.59. The minimum Gasteiger partial charge on any atom is -0.466 e. The van der Waals surface area contributed by atoms with Crippen molar-refractivity contribution in [1.29, 1.82) is 0 Å². The minimum atomic E-state index is -0.160. The third kappa shape index (κ3) is 3.72. The van der Waals surface area contributed by atoms with Gasteiger partial charge >= 0.3 is 5.97 Å². The summed E-state index contributed by atoms with van der Waals surface area (Å²) in [6.07, 6.45) is 3.39. The number of carbonyl (C=O) groups is 1. The van der Waals surface area contributed by atoms with Crippen LogP contribution in [-0.4, -0.2) is 18.6 Å². The summed E-state index contributed by atoms with van der Waals surface area (Å²) in [5, 5.41) is 0. The smallest absolute Gasteiger partial charge is 0.310 e. The molecule has 2 N–H and O–H groups in total. The van der Waals surface area contributed by atoms with Gasteiger partial charge in [-0.25, -0.2) is 0 Å². The Kier molecular flexibility index (Phi) is 5.63.